The molecule has 210 valence electrons. The molecule has 0 bridgehead atoms. The maximum absolute atomic E-state index is 14.8. The van der Waals surface area contributed by atoms with Gasteiger partial charge in [-0.15, -0.1) is 0 Å². The number of carbonyl (C=O) groups is 2. The Balaban J connectivity index is 1.49. The zero-order valence-corrected chi connectivity index (χ0v) is 22.1. The van der Waals surface area contributed by atoms with E-state index in [2.05, 4.69) is 20.6 Å². The molecule has 4 rings (SSSR count). The number of carbonyl (C=O) groups excluding carboxylic acids is 1. The smallest absolute Gasteiger partial charge is 0.320 e. The van der Waals surface area contributed by atoms with Crippen LogP contribution in [-0.4, -0.2) is 51.0 Å². The van der Waals surface area contributed by atoms with Gasteiger partial charge in [0, 0.05) is 35.8 Å². The van der Waals surface area contributed by atoms with Crippen LogP contribution in [0.25, 0.3) is 16.9 Å². The van der Waals surface area contributed by atoms with Gasteiger partial charge in [0.05, 0.1) is 19.0 Å². The summed E-state index contributed by atoms with van der Waals surface area (Å²) in [6.45, 7) is 2.34. The van der Waals surface area contributed by atoms with Gasteiger partial charge in [-0.2, -0.15) is 4.39 Å². The minimum Gasteiger partial charge on any atom is -0.494 e. The Labute approximate surface area is 229 Å². The predicted molar refractivity (Wildman–Crippen MR) is 146 cm³/mol. The SMILES string of the molecule is CCc1cc(Nc2nccn3c(-c4ccc(OC)c(F)c4F)cnc23)ccc1C(=O)NCCCC[C@H](N)C(=O)O. The van der Waals surface area contributed by atoms with E-state index in [1.165, 1.54) is 31.6 Å². The van der Waals surface area contributed by atoms with Crippen molar-refractivity contribution in [3.63, 3.8) is 0 Å². The Kier molecular flexibility index (Phi) is 8.90. The summed E-state index contributed by atoms with van der Waals surface area (Å²) < 4.78 is 35.6. The minimum absolute atomic E-state index is 0.0244. The summed E-state index contributed by atoms with van der Waals surface area (Å²) in [6.07, 6.45) is 6.70. The van der Waals surface area contributed by atoms with Crippen molar-refractivity contribution < 1.29 is 28.2 Å². The number of anilines is 2. The molecule has 0 radical (unpaired) electrons. The Morgan fingerprint density at radius 1 is 1.15 bits per heavy atom. The van der Waals surface area contributed by atoms with Crippen molar-refractivity contribution >= 4 is 29.0 Å². The van der Waals surface area contributed by atoms with Crippen molar-refractivity contribution in [3.05, 3.63) is 71.7 Å². The number of methoxy groups -OCH3 is 1. The van der Waals surface area contributed by atoms with Gasteiger partial charge in [-0.25, -0.2) is 14.4 Å². The molecule has 4 aromatic rings. The number of hydrogen-bond acceptors (Lipinski definition) is 7. The highest BCUT2D eigenvalue weighted by Crippen LogP contribution is 2.31. The number of nitrogens with one attached hydrogen (secondary N) is 2. The van der Waals surface area contributed by atoms with E-state index in [9.17, 15) is 18.4 Å². The third kappa shape index (κ3) is 6.01. The monoisotopic (exact) mass is 552 g/mol. The zero-order chi connectivity index (χ0) is 28.8. The lowest BCUT2D eigenvalue weighted by Crippen LogP contribution is -2.30. The zero-order valence-electron chi connectivity index (χ0n) is 22.1. The van der Waals surface area contributed by atoms with Crippen molar-refractivity contribution in [2.45, 2.75) is 38.6 Å². The molecule has 0 fully saturated rings. The maximum Gasteiger partial charge on any atom is 0.320 e. The van der Waals surface area contributed by atoms with E-state index in [1.54, 1.807) is 22.7 Å². The molecule has 0 aliphatic carbocycles. The highest BCUT2D eigenvalue weighted by atomic mass is 19.2. The molecular weight excluding hydrogens is 522 g/mol. The molecule has 1 amide bonds. The van der Waals surface area contributed by atoms with Crippen LogP contribution in [0.2, 0.25) is 0 Å². The average molecular weight is 553 g/mol. The number of aliphatic carboxylic acids is 1. The topological polar surface area (TPSA) is 144 Å². The summed E-state index contributed by atoms with van der Waals surface area (Å²) in [5.74, 6) is -3.19. The van der Waals surface area contributed by atoms with Gasteiger partial charge in [0.1, 0.15) is 6.04 Å². The summed E-state index contributed by atoms with van der Waals surface area (Å²) in [5.41, 5.74) is 8.27. The molecule has 2 aromatic heterocycles. The number of halogens is 2. The minimum atomic E-state index is -1.08. The van der Waals surface area contributed by atoms with Gasteiger partial charge in [-0.05, 0) is 61.6 Å². The quantitative estimate of drug-likeness (QED) is 0.191. The molecule has 0 aliphatic heterocycles. The first-order chi connectivity index (χ1) is 19.2. The number of hydrogen-bond donors (Lipinski definition) is 4. The number of benzene rings is 2. The molecule has 0 saturated heterocycles. The Hall–Kier alpha value is -4.58. The van der Waals surface area contributed by atoms with Crippen molar-refractivity contribution in [1.82, 2.24) is 19.7 Å². The van der Waals surface area contributed by atoms with Gasteiger partial charge in [0.25, 0.3) is 5.91 Å². The lowest BCUT2D eigenvalue weighted by molar-refractivity contribution is -0.138. The van der Waals surface area contributed by atoms with E-state index in [0.717, 1.165) is 5.56 Å². The van der Waals surface area contributed by atoms with Crippen LogP contribution >= 0.6 is 0 Å². The van der Waals surface area contributed by atoms with Gasteiger partial charge < -0.3 is 26.2 Å². The number of carboxylic acid groups (broad SMARTS) is 1. The molecule has 0 spiro atoms. The van der Waals surface area contributed by atoms with Gasteiger partial charge in [0.15, 0.2) is 23.0 Å². The first-order valence-electron chi connectivity index (χ1n) is 12.8. The standard InChI is InChI=1S/C28H30F2N6O4/c1-3-16-14-17(7-8-18(16)27(37)33-11-5-4-6-20(31)28(38)39)35-25-26-34-15-21(36(26)13-12-32-25)19-9-10-22(40-2)24(30)23(19)29/h7-10,12-15,20H,3-6,11,31H2,1-2H3,(H,32,35)(H,33,37)(H,38,39)/t20-/m0/s1. The van der Waals surface area contributed by atoms with Crippen molar-refractivity contribution in [2.24, 2.45) is 5.73 Å². The summed E-state index contributed by atoms with van der Waals surface area (Å²) >= 11 is 0. The van der Waals surface area contributed by atoms with Gasteiger partial charge in [-0.3, -0.25) is 14.0 Å². The van der Waals surface area contributed by atoms with Crippen LogP contribution in [-0.2, 0) is 11.2 Å². The molecule has 12 heteroatoms. The number of amides is 1. The fourth-order valence-corrected chi connectivity index (χ4v) is 4.33. The number of ether oxygens (including phenoxy) is 1. The van der Waals surface area contributed by atoms with E-state index >= 15 is 0 Å². The number of aromatic nitrogens is 3. The van der Waals surface area contributed by atoms with Crippen LogP contribution in [0.5, 0.6) is 5.75 Å². The van der Waals surface area contributed by atoms with E-state index in [4.69, 9.17) is 15.6 Å². The molecular formula is C28H30F2N6O4. The maximum atomic E-state index is 14.8. The summed E-state index contributed by atoms with van der Waals surface area (Å²) in [7, 11) is 1.27. The molecule has 2 aromatic carbocycles. The van der Waals surface area contributed by atoms with E-state index in [0.29, 0.717) is 60.6 Å². The highest BCUT2D eigenvalue weighted by molar-refractivity contribution is 5.96. The molecule has 5 N–H and O–H groups in total. The number of carboxylic acids is 1. The molecule has 2 heterocycles. The summed E-state index contributed by atoms with van der Waals surface area (Å²) in [4.78, 5) is 32.3. The molecule has 0 unspecified atom stereocenters. The lowest BCUT2D eigenvalue weighted by Gasteiger charge is -2.13. The lowest BCUT2D eigenvalue weighted by atomic mass is 10.0. The van der Waals surface area contributed by atoms with Gasteiger partial charge >= 0.3 is 5.97 Å². The Morgan fingerprint density at radius 2 is 1.95 bits per heavy atom. The van der Waals surface area contributed by atoms with Gasteiger partial charge in [0.2, 0.25) is 5.82 Å². The molecule has 40 heavy (non-hydrogen) atoms. The average Bonchev–Trinajstić information content (AvgIpc) is 3.38. The first-order valence-corrected chi connectivity index (χ1v) is 12.8. The summed E-state index contributed by atoms with van der Waals surface area (Å²) in [6, 6.07) is 7.18. The number of nitrogens with two attached hydrogens (primary N) is 1. The fourth-order valence-electron chi connectivity index (χ4n) is 4.33. The number of imidazole rings is 1. The van der Waals surface area contributed by atoms with E-state index < -0.39 is 23.6 Å². The number of nitrogens with zero attached hydrogens (tertiary/aromatic N) is 3. The number of fused-ring (bicyclic) bond motifs is 1. The predicted octanol–water partition coefficient (Wildman–Crippen LogP) is 4.30. The van der Waals surface area contributed by atoms with E-state index in [1.807, 2.05) is 13.0 Å². The van der Waals surface area contributed by atoms with Crippen molar-refractivity contribution in [3.8, 4) is 17.0 Å². The second-order valence-corrected chi connectivity index (χ2v) is 9.10. The highest BCUT2D eigenvalue weighted by Gasteiger charge is 2.19. The van der Waals surface area contributed by atoms with E-state index in [-0.39, 0.29) is 17.2 Å². The second-order valence-electron chi connectivity index (χ2n) is 9.10. The molecule has 0 saturated carbocycles. The molecule has 1 atom stereocenters. The van der Waals surface area contributed by atoms with Crippen LogP contribution in [0.15, 0.2) is 48.9 Å². The van der Waals surface area contributed by atoms with Crippen LogP contribution in [0.1, 0.15) is 42.1 Å². The summed E-state index contributed by atoms with van der Waals surface area (Å²) in [5, 5.41) is 14.9. The normalized spacial score (nSPS) is 11.8. The number of aryl methyl sites for hydroxylation is 1. The van der Waals surface area contributed by atoms with Gasteiger partial charge in [-0.1, -0.05) is 6.92 Å². The first kappa shape index (κ1) is 28.4. The van der Waals surface area contributed by atoms with Crippen LogP contribution in [0, 0.1) is 11.6 Å². The molecule has 10 nitrogen and oxygen atoms in total. The Bertz CT molecular complexity index is 1540. The molecule has 0 aliphatic rings. The van der Waals surface area contributed by atoms with Crippen LogP contribution in [0.3, 0.4) is 0 Å². The third-order valence-corrected chi connectivity index (χ3v) is 6.51. The fraction of sp³-hybridized carbons (Fsp3) is 0.286. The second kappa shape index (κ2) is 12.5. The van der Waals surface area contributed by atoms with Crippen molar-refractivity contribution in [1.29, 1.82) is 0 Å². The largest absolute Gasteiger partial charge is 0.494 e. The Morgan fingerprint density at radius 3 is 2.67 bits per heavy atom. The number of unbranched alkanes of at least 4 members (excludes halogenated alkanes) is 1. The van der Waals surface area contributed by atoms with Crippen molar-refractivity contribution in [2.75, 3.05) is 19.0 Å². The number of rotatable bonds is 12. The van der Waals surface area contributed by atoms with Crippen LogP contribution in [0.4, 0.5) is 20.3 Å². The third-order valence-electron chi connectivity index (χ3n) is 6.51. The van der Waals surface area contributed by atoms with Crippen LogP contribution < -0.4 is 21.1 Å².